The summed E-state index contributed by atoms with van der Waals surface area (Å²) in [5, 5.41) is 5.97. The molecule has 0 saturated carbocycles. The Balaban J connectivity index is 2.10. The molecule has 4 nitrogen and oxygen atoms in total. The molecule has 1 aliphatic heterocycles. The van der Waals surface area contributed by atoms with Crippen molar-refractivity contribution in [2.24, 2.45) is 0 Å². The lowest BCUT2D eigenvalue weighted by atomic mass is 10.0. The number of rotatable bonds is 6. The van der Waals surface area contributed by atoms with Crippen molar-refractivity contribution in [3.05, 3.63) is 0 Å². The van der Waals surface area contributed by atoms with Gasteiger partial charge in [0.2, 0.25) is 5.91 Å². The van der Waals surface area contributed by atoms with Gasteiger partial charge in [-0.2, -0.15) is 0 Å². The molecule has 1 amide bonds. The first-order valence-corrected chi connectivity index (χ1v) is 5.78. The van der Waals surface area contributed by atoms with Gasteiger partial charge in [-0.25, -0.2) is 0 Å². The van der Waals surface area contributed by atoms with Gasteiger partial charge in [-0.15, -0.1) is 0 Å². The van der Waals surface area contributed by atoms with Gasteiger partial charge in [-0.3, -0.25) is 4.79 Å². The Bertz CT molecular complexity index is 201. The predicted molar refractivity (Wildman–Crippen MR) is 59.8 cm³/mol. The Kier molecular flexibility index (Phi) is 5.05. The monoisotopic (exact) mass is 214 g/mol. The average Bonchev–Trinajstić information content (AvgIpc) is 2.64. The van der Waals surface area contributed by atoms with Crippen LogP contribution in [0.1, 0.15) is 33.1 Å². The summed E-state index contributed by atoms with van der Waals surface area (Å²) in [6.45, 7) is 6.88. The van der Waals surface area contributed by atoms with E-state index < -0.39 is 0 Å². The third-order valence-electron chi connectivity index (χ3n) is 2.67. The first kappa shape index (κ1) is 12.5. The zero-order chi connectivity index (χ0) is 11.1. The van der Waals surface area contributed by atoms with Gasteiger partial charge in [-0.05, 0) is 32.7 Å². The maximum Gasteiger partial charge on any atom is 0.234 e. The highest BCUT2D eigenvalue weighted by atomic mass is 16.5. The highest BCUT2D eigenvalue weighted by Gasteiger charge is 2.29. The lowest BCUT2D eigenvalue weighted by molar-refractivity contribution is -0.121. The maximum absolute atomic E-state index is 11.4. The van der Waals surface area contributed by atoms with Crippen LogP contribution in [0.2, 0.25) is 0 Å². The van der Waals surface area contributed by atoms with E-state index in [0.29, 0.717) is 13.1 Å². The fourth-order valence-corrected chi connectivity index (χ4v) is 1.70. The SMILES string of the molecule is CCCNCC(=O)NCC1(C)CCCO1. The molecular weight excluding hydrogens is 192 g/mol. The molecule has 1 rings (SSSR count). The quantitative estimate of drug-likeness (QED) is 0.639. The highest BCUT2D eigenvalue weighted by molar-refractivity contribution is 5.78. The Hall–Kier alpha value is -0.610. The van der Waals surface area contributed by atoms with Crippen molar-refractivity contribution in [2.45, 2.75) is 38.7 Å². The Morgan fingerprint density at radius 2 is 2.33 bits per heavy atom. The second kappa shape index (κ2) is 6.08. The van der Waals surface area contributed by atoms with E-state index in [4.69, 9.17) is 4.74 Å². The predicted octanol–water partition coefficient (Wildman–Crippen LogP) is 0.671. The van der Waals surface area contributed by atoms with Crippen molar-refractivity contribution >= 4 is 5.91 Å². The maximum atomic E-state index is 11.4. The van der Waals surface area contributed by atoms with E-state index in [-0.39, 0.29) is 11.5 Å². The molecule has 0 aromatic rings. The van der Waals surface area contributed by atoms with Crippen molar-refractivity contribution < 1.29 is 9.53 Å². The van der Waals surface area contributed by atoms with Crippen molar-refractivity contribution in [1.82, 2.24) is 10.6 Å². The number of carbonyl (C=O) groups excluding carboxylic acids is 1. The summed E-state index contributed by atoms with van der Waals surface area (Å²) in [7, 11) is 0. The standard InChI is InChI=1S/C11H22N2O2/c1-3-6-12-8-10(14)13-9-11(2)5-4-7-15-11/h12H,3-9H2,1-2H3,(H,13,14). The highest BCUT2D eigenvalue weighted by Crippen LogP contribution is 2.23. The van der Waals surface area contributed by atoms with Crippen LogP contribution in [-0.2, 0) is 9.53 Å². The Morgan fingerprint density at radius 1 is 1.53 bits per heavy atom. The fourth-order valence-electron chi connectivity index (χ4n) is 1.70. The minimum Gasteiger partial charge on any atom is -0.373 e. The van der Waals surface area contributed by atoms with E-state index >= 15 is 0 Å². The smallest absolute Gasteiger partial charge is 0.234 e. The van der Waals surface area contributed by atoms with Crippen LogP contribution >= 0.6 is 0 Å². The van der Waals surface area contributed by atoms with E-state index in [1.165, 1.54) is 0 Å². The zero-order valence-corrected chi connectivity index (χ0v) is 9.77. The van der Waals surface area contributed by atoms with Crippen molar-refractivity contribution in [2.75, 3.05) is 26.2 Å². The van der Waals surface area contributed by atoms with Gasteiger partial charge >= 0.3 is 0 Å². The molecule has 0 aliphatic carbocycles. The van der Waals surface area contributed by atoms with Gasteiger partial charge in [-0.1, -0.05) is 6.92 Å². The van der Waals surface area contributed by atoms with E-state index in [9.17, 15) is 4.79 Å². The molecule has 0 radical (unpaired) electrons. The van der Waals surface area contributed by atoms with Gasteiger partial charge in [0, 0.05) is 13.2 Å². The van der Waals surface area contributed by atoms with Crippen molar-refractivity contribution in [3.8, 4) is 0 Å². The molecule has 0 spiro atoms. The van der Waals surface area contributed by atoms with Crippen LogP contribution in [0.4, 0.5) is 0 Å². The number of hydrogen-bond acceptors (Lipinski definition) is 3. The van der Waals surface area contributed by atoms with Gasteiger partial charge in [0.25, 0.3) is 0 Å². The van der Waals surface area contributed by atoms with Crippen LogP contribution in [0, 0.1) is 0 Å². The number of amides is 1. The summed E-state index contributed by atoms with van der Waals surface area (Å²) in [6, 6.07) is 0. The number of hydrogen-bond donors (Lipinski definition) is 2. The summed E-state index contributed by atoms with van der Waals surface area (Å²) >= 11 is 0. The van der Waals surface area contributed by atoms with E-state index in [0.717, 1.165) is 32.4 Å². The molecule has 2 N–H and O–H groups in total. The first-order valence-electron chi connectivity index (χ1n) is 5.78. The third-order valence-corrected chi connectivity index (χ3v) is 2.67. The van der Waals surface area contributed by atoms with Gasteiger partial charge in [0.15, 0.2) is 0 Å². The molecule has 4 heteroatoms. The molecule has 1 atom stereocenters. The molecule has 1 heterocycles. The van der Waals surface area contributed by atoms with Crippen LogP contribution in [0.3, 0.4) is 0 Å². The van der Waals surface area contributed by atoms with Crippen LogP contribution in [0.15, 0.2) is 0 Å². The van der Waals surface area contributed by atoms with Gasteiger partial charge < -0.3 is 15.4 Å². The van der Waals surface area contributed by atoms with Crippen molar-refractivity contribution in [1.29, 1.82) is 0 Å². The molecular formula is C11H22N2O2. The molecule has 1 saturated heterocycles. The molecule has 0 aromatic heterocycles. The molecule has 0 bridgehead atoms. The van der Waals surface area contributed by atoms with Crippen LogP contribution in [0.25, 0.3) is 0 Å². The van der Waals surface area contributed by atoms with Crippen LogP contribution in [-0.4, -0.2) is 37.7 Å². The Morgan fingerprint density at radius 3 is 2.93 bits per heavy atom. The molecule has 1 aliphatic rings. The van der Waals surface area contributed by atoms with E-state index in [1.807, 2.05) is 0 Å². The minimum absolute atomic E-state index is 0.0557. The number of carbonyl (C=O) groups is 1. The third kappa shape index (κ3) is 4.62. The summed E-state index contributed by atoms with van der Waals surface area (Å²) < 4.78 is 5.58. The molecule has 88 valence electrons. The van der Waals surface area contributed by atoms with Crippen LogP contribution in [0.5, 0.6) is 0 Å². The normalized spacial score (nSPS) is 25.5. The molecule has 1 fully saturated rings. The van der Waals surface area contributed by atoms with Crippen molar-refractivity contribution in [3.63, 3.8) is 0 Å². The number of ether oxygens (including phenoxy) is 1. The fraction of sp³-hybridized carbons (Fsp3) is 0.909. The van der Waals surface area contributed by atoms with E-state index in [1.54, 1.807) is 0 Å². The summed E-state index contributed by atoms with van der Waals surface area (Å²) in [5.41, 5.74) is -0.138. The second-order valence-electron chi connectivity index (χ2n) is 4.36. The first-order chi connectivity index (χ1) is 7.16. The van der Waals surface area contributed by atoms with Gasteiger partial charge in [0.05, 0.1) is 12.1 Å². The zero-order valence-electron chi connectivity index (χ0n) is 9.77. The number of nitrogens with one attached hydrogen (secondary N) is 2. The second-order valence-corrected chi connectivity index (χ2v) is 4.36. The molecule has 1 unspecified atom stereocenters. The molecule has 0 aromatic carbocycles. The average molecular weight is 214 g/mol. The van der Waals surface area contributed by atoms with Gasteiger partial charge in [0.1, 0.15) is 0 Å². The summed E-state index contributed by atoms with van der Waals surface area (Å²) in [4.78, 5) is 11.4. The Labute approximate surface area is 91.8 Å². The molecule has 15 heavy (non-hydrogen) atoms. The minimum atomic E-state index is -0.138. The topological polar surface area (TPSA) is 50.4 Å². The largest absolute Gasteiger partial charge is 0.373 e. The summed E-state index contributed by atoms with van der Waals surface area (Å²) in [5.74, 6) is 0.0557. The summed E-state index contributed by atoms with van der Waals surface area (Å²) in [6.07, 6.45) is 3.18. The lowest BCUT2D eigenvalue weighted by Crippen LogP contribution is -2.43. The van der Waals surface area contributed by atoms with Crippen LogP contribution < -0.4 is 10.6 Å². The lowest BCUT2D eigenvalue weighted by Gasteiger charge is -2.23. The van der Waals surface area contributed by atoms with E-state index in [2.05, 4.69) is 24.5 Å².